The summed E-state index contributed by atoms with van der Waals surface area (Å²) in [4.78, 5) is 4.76. The second-order valence-corrected chi connectivity index (χ2v) is 4.90. The number of allylic oxidation sites excluding steroid dienone is 1. The standard InChI is InChI=1S/C9H11N3S2/c1-5(14-6(2)10)9(11)8-4-13-7(3)12-8/h4,11H,1-2,10H2,3H3. The Morgan fingerprint density at radius 3 is 2.71 bits per heavy atom. The van der Waals surface area contributed by atoms with Gasteiger partial charge in [-0.3, -0.25) is 5.41 Å². The van der Waals surface area contributed by atoms with E-state index in [4.69, 9.17) is 11.1 Å². The molecule has 1 rings (SSSR count). The van der Waals surface area contributed by atoms with Gasteiger partial charge >= 0.3 is 0 Å². The molecular weight excluding hydrogens is 214 g/mol. The van der Waals surface area contributed by atoms with Gasteiger partial charge in [-0.15, -0.1) is 11.3 Å². The lowest BCUT2D eigenvalue weighted by molar-refractivity contribution is 1.26. The van der Waals surface area contributed by atoms with E-state index in [2.05, 4.69) is 18.1 Å². The van der Waals surface area contributed by atoms with Crippen LogP contribution in [0, 0.1) is 12.3 Å². The van der Waals surface area contributed by atoms with Crippen LogP contribution in [0.15, 0.2) is 28.5 Å². The zero-order chi connectivity index (χ0) is 10.7. The third-order valence-electron chi connectivity index (χ3n) is 1.41. The maximum atomic E-state index is 7.77. The van der Waals surface area contributed by atoms with Crippen LogP contribution < -0.4 is 5.73 Å². The lowest BCUT2D eigenvalue weighted by atomic mass is 10.3. The predicted molar refractivity (Wildman–Crippen MR) is 63.7 cm³/mol. The topological polar surface area (TPSA) is 62.8 Å². The number of thioether (sulfide) groups is 1. The molecule has 0 aliphatic carbocycles. The van der Waals surface area contributed by atoms with Crippen molar-refractivity contribution in [2.24, 2.45) is 5.73 Å². The lowest BCUT2D eigenvalue weighted by Crippen LogP contribution is -2.02. The molecule has 14 heavy (non-hydrogen) atoms. The molecule has 1 heterocycles. The summed E-state index contributed by atoms with van der Waals surface area (Å²) in [5.74, 6) is 0. The maximum Gasteiger partial charge on any atom is 0.100 e. The molecule has 1 aromatic rings. The fourth-order valence-electron chi connectivity index (χ4n) is 0.830. The van der Waals surface area contributed by atoms with Crippen LogP contribution in [0.5, 0.6) is 0 Å². The molecule has 74 valence electrons. The Bertz CT molecular complexity index is 393. The normalized spacial score (nSPS) is 9.79. The van der Waals surface area contributed by atoms with E-state index >= 15 is 0 Å². The molecule has 3 N–H and O–H groups in total. The summed E-state index contributed by atoms with van der Waals surface area (Å²) >= 11 is 2.71. The second-order valence-electron chi connectivity index (χ2n) is 2.62. The Hall–Kier alpha value is -1.07. The number of aromatic nitrogens is 1. The number of hydrogen-bond acceptors (Lipinski definition) is 5. The molecule has 0 amide bonds. The molecule has 0 fully saturated rings. The highest BCUT2D eigenvalue weighted by Gasteiger charge is 2.09. The predicted octanol–water partition coefficient (Wildman–Crippen LogP) is 2.50. The van der Waals surface area contributed by atoms with Gasteiger partial charge in [-0.25, -0.2) is 4.98 Å². The Morgan fingerprint density at radius 1 is 1.64 bits per heavy atom. The van der Waals surface area contributed by atoms with Crippen molar-refractivity contribution in [2.45, 2.75) is 6.92 Å². The molecule has 0 saturated heterocycles. The van der Waals surface area contributed by atoms with Crippen molar-refractivity contribution in [3.8, 4) is 0 Å². The number of nitrogens with one attached hydrogen (secondary N) is 1. The molecule has 0 atom stereocenters. The van der Waals surface area contributed by atoms with Crippen LogP contribution in [0.4, 0.5) is 0 Å². The number of thiazole rings is 1. The van der Waals surface area contributed by atoms with Crippen LogP contribution in [-0.4, -0.2) is 10.7 Å². The van der Waals surface area contributed by atoms with Gasteiger partial charge in [-0.2, -0.15) is 0 Å². The van der Waals surface area contributed by atoms with Gasteiger partial charge in [-0.05, 0) is 6.92 Å². The number of hydrogen-bond donors (Lipinski definition) is 2. The van der Waals surface area contributed by atoms with Gasteiger partial charge in [-0.1, -0.05) is 24.9 Å². The van der Waals surface area contributed by atoms with Crippen LogP contribution in [0.1, 0.15) is 10.7 Å². The van der Waals surface area contributed by atoms with Crippen LogP contribution in [0.3, 0.4) is 0 Å². The number of aryl methyl sites for hydroxylation is 1. The van der Waals surface area contributed by atoms with E-state index in [9.17, 15) is 0 Å². The first-order chi connectivity index (χ1) is 6.50. The van der Waals surface area contributed by atoms with Crippen LogP contribution in [0.2, 0.25) is 0 Å². The van der Waals surface area contributed by atoms with E-state index in [1.807, 2.05) is 12.3 Å². The van der Waals surface area contributed by atoms with Crippen molar-refractivity contribution >= 4 is 28.8 Å². The van der Waals surface area contributed by atoms with Crippen molar-refractivity contribution < 1.29 is 0 Å². The maximum absolute atomic E-state index is 7.77. The molecule has 0 saturated carbocycles. The van der Waals surface area contributed by atoms with Gasteiger partial charge in [0.2, 0.25) is 0 Å². The summed E-state index contributed by atoms with van der Waals surface area (Å²) < 4.78 is 0. The molecule has 0 radical (unpaired) electrons. The molecule has 0 spiro atoms. The first-order valence-electron chi connectivity index (χ1n) is 3.83. The van der Waals surface area contributed by atoms with Crippen molar-refractivity contribution in [2.75, 3.05) is 0 Å². The summed E-state index contributed by atoms with van der Waals surface area (Å²) in [7, 11) is 0. The van der Waals surface area contributed by atoms with Crippen molar-refractivity contribution in [3.63, 3.8) is 0 Å². The van der Waals surface area contributed by atoms with Crippen LogP contribution in [0.25, 0.3) is 0 Å². The number of rotatable bonds is 4. The number of nitrogens with two attached hydrogens (primary N) is 1. The third-order valence-corrected chi connectivity index (χ3v) is 2.89. The lowest BCUT2D eigenvalue weighted by Gasteiger charge is -2.03. The molecule has 1 aromatic heterocycles. The molecule has 0 aromatic carbocycles. The van der Waals surface area contributed by atoms with E-state index in [-0.39, 0.29) is 0 Å². The fraction of sp³-hybridized carbons (Fsp3) is 0.111. The average molecular weight is 225 g/mol. The van der Waals surface area contributed by atoms with Gasteiger partial charge in [0.1, 0.15) is 5.69 Å². The SMILES string of the molecule is C=C(N)SC(=C)C(=N)c1csc(C)n1. The van der Waals surface area contributed by atoms with E-state index in [1.165, 1.54) is 23.1 Å². The molecule has 5 heteroatoms. The Morgan fingerprint density at radius 2 is 2.29 bits per heavy atom. The second kappa shape index (κ2) is 4.43. The van der Waals surface area contributed by atoms with E-state index < -0.39 is 0 Å². The van der Waals surface area contributed by atoms with Gasteiger partial charge in [0.05, 0.1) is 15.7 Å². The summed E-state index contributed by atoms with van der Waals surface area (Å²) in [5.41, 5.74) is 6.36. The van der Waals surface area contributed by atoms with Gasteiger partial charge in [0.25, 0.3) is 0 Å². The number of nitrogens with zero attached hydrogens (tertiary/aromatic N) is 1. The van der Waals surface area contributed by atoms with Crippen molar-refractivity contribution in [3.05, 3.63) is 39.2 Å². The first-order valence-corrected chi connectivity index (χ1v) is 5.53. The third kappa shape index (κ3) is 2.71. The highest BCUT2D eigenvalue weighted by molar-refractivity contribution is 8.07. The molecule has 0 aliphatic rings. The van der Waals surface area contributed by atoms with E-state index in [1.54, 1.807) is 0 Å². The Balaban J connectivity index is 2.76. The van der Waals surface area contributed by atoms with E-state index in [0.717, 1.165) is 5.01 Å². The molecular formula is C9H11N3S2. The summed E-state index contributed by atoms with van der Waals surface area (Å²) in [5, 5.41) is 11.0. The van der Waals surface area contributed by atoms with Crippen molar-refractivity contribution in [1.29, 1.82) is 5.41 Å². The first kappa shape index (κ1) is 11.0. The van der Waals surface area contributed by atoms with Gasteiger partial charge in [0, 0.05) is 10.3 Å². The quantitative estimate of drug-likeness (QED) is 0.774. The Labute approximate surface area is 91.3 Å². The Kier molecular flexibility index (Phi) is 3.49. The average Bonchev–Trinajstić information content (AvgIpc) is 2.49. The highest BCUT2D eigenvalue weighted by atomic mass is 32.2. The van der Waals surface area contributed by atoms with E-state index in [0.29, 0.717) is 21.3 Å². The zero-order valence-electron chi connectivity index (χ0n) is 7.83. The monoisotopic (exact) mass is 225 g/mol. The van der Waals surface area contributed by atoms with Gasteiger partial charge in [0.15, 0.2) is 0 Å². The van der Waals surface area contributed by atoms with Crippen LogP contribution >= 0.6 is 23.1 Å². The van der Waals surface area contributed by atoms with Crippen LogP contribution in [-0.2, 0) is 0 Å². The minimum atomic E-state index is 0.311. The largest absolute Gasteiger partial charge is 0.394 e. The summed E-state index contributed by atoms with van der Waals surface area (Å²) in [6.07, 6.45) is 0. The smallest absolute Gasteiger partial charge is 0.100 e. The summed E-state index contributed by atoms with van der Waals surface area (Å²) in [6.45, 7) is 9.19. The zero-order valence-corrected chi connectivity index (χ0v) is 9.47. The molecule has 0 bridgehead atoms. The minimum Gasteiger partial charge on any atom is -0.394 e. The summed E-state index contributed by atoms with van der Waals surface area (Å²) in [6, 6.07) is 0. The van der Waals surface area contributed by atoms with Crippen molar-refractivity contribution in [1.82, 2.24) is 4.98 Å². The highest BCUT2D eigenvalue weighted by Crippen LogP contribution is 2.23. The fourth-order valence-corrected chi connectivity index (χ4v) is 1.96. The molecule has 0 aliphatic heterocycles. The minimum absolute atomic E-state index is 0.311. The molecule has 3 nitrogen and oxygen atoms in total. The molecule has 0 unspecified atom stereocenters. The van der Waals surface area contributed by atoms with Gasteiger partial charge < -0.3 is 5.73 Å².